The normalized spacial score (nSPS) is 11.0. The highest BCUT2D eigenvalue weighted by molar-refractivity contribution is 6.02. The molecule has 0 unspecified atom stereocenters. The summed E-state index contributed by atoms with van der Waals surface area (Å²) in [6.45, 7) is 1.96. The van der Waals surface area contributed by atoms with Crippen molar-refractivity contribution in [3.05, 3.63) is 120 Å². The van der Waals surface area contributed by atoms with Crippen molar-refractivity contribution in [1.82, 2.24) is 25.2 Å². The van der Waals surface area contributed by atoms with Gasteiger partial charge < -0.3 is 32.5 Å². The number of aryl methyl sites for hydroxylation is 1. The minimum atomic E-state index is -1.06. The summed E-state index contributed by atoms with van der Waals surface area (Å²) >= 11 is 0. The molecular weight excluding hydrogens is 584 g/mol. The molecule has 8 N–H and O–H groups in total. The van der Waals surface area contributed by atoms with Gasteiger partial charge in [-0.25, -0.2) is 14.3 Å². The van der Waals surface area contributed by atoms with Crippen LogP contribution in [0.25, 0.3) is 5.65 Å². The average Bonchev–Trinajstić information content (AvgIpc) is 3.46. The van der Waals surface area contributed by atoms with Crippen LogP contribution in [0.15, 0.2) is 64.3 Å². The Morgan fingerprint density at radius 1 is 0.867 bits per heavy atom. The lowest BCUT2D eigenvalue weighted by atomic mass is 10.1. The quantitative estimate of drug-likeness (QED) is 0.112. The Morgan fingerprint density at radius 2 is 1.53 bits per heavy atom. The Hall–Kier alpha value is -6.38. The van der Waals surface area contributed by atoms with Gasteiger partial charge >= 0.3 is 5.97 Å². The fourth-order valence-electron chi connectivity index (χ4n) is 4.66. The summed E-state index contributed by atoms with van der Waals surface area (Å²) in [5, 5.41) is 21.6. The number of nitrogens with two attached hydrogens (primary N) is 2. The number of nitrogens with zero attached hydrogens (tertiary/aromatic N) is 3. The zero-order chi connectivity index (χ0) is 32.4. The van der Waals surface area contributed by atoms with Crippen LogP contribution in [0.3, 0.4) is 0 Å². The van der Waals surface area contributed by atoms with Gasteiger partial charge in [-0.2, -0.15) is 5.10 Å². The van der Waals surface area contributed by atoms with E-state index < -0.39 is 34.5 Å². The van der Waals surface area contributed by atoms with Crippen molar-refractivity contribution in [2.45, 2.75) is 26.6 Å². The van der Waals surface area contributed by atoms with E-state index in [0.29, 0.717) is 16.7 Å². The van der Waals surface area contributed by atoms with Crippen molar-refractivity contribution in [3.63, 3.8) is 0 Å². The number of carboxylic acid groups (broad SMARTS) is 1. The molecule has 15 heteroatoms. The van der Waals surface area contributed by atoms with E-state index in [4.69, 9.17) is 11.5 Å². The van der Waals surface area contributed by atoms with Crippen LogP contribution < -0.4 is 38.3 Å². The number of primary amides is 1. The first-order chi connectivity index (χ1) is 21.4. The predicted molar refractivity (Wildman–Crippen MR) is 162 cm³/mol. The Balaban J connectivity index is 1.32. The monoisotopic (exact) mass is 610 g/mol. The number of rotatable bonds is 11. The molecule has 45 heavy (non-hydrogen) atoms. The zero-order valence-corrected chi connectivity index (χ0v) is 23.7. The second-order valence-corrected chi connectivity index (χ2v) is 10.1. The van der Waals surface area contributed by atoms with Crippen LogP contribution in [0.2, 0.25) is 0 Å². The molecule has 3 aromatic carbocycles. The van der Waals surface area contributed by atoms with E-state index in [1.165, 1.54) is 12.1 Å². The average molecular weight is 611 g/mol. The molecule has 0 radical (unpaired) electrons. The van der Waals surface area contributed by atoms with Crippen LogP contribution in [0.1, 0.15) is 63.9 Å². The van der Waals surface area contributed by atoms with Gasteiger partial charge in [-0.3, -0.25) is 24.0 Å². The summed E-state index contributed by atoms with van der Waals surface area (Å²) in [6.07, 6.45) is 1.15. The number of carbonyl (C=O) groups is 4. The molecule has 5 rings (SSSR count). The van der Waals surface area contributed by atoms with E-state index in [1.807, 2.05) is 0 Å². The van der Waals surface area contributed by atoms with Crippen molar-refractivity contribution in [2.75, 3.05) is 11.1 Å². The number of nitrogens with one attached hydrogen (secondary N) is 3. The predicted octanol–water partition coefficient (Wildman–Crippen LogP) is 0.485. The fraction of sp³-hybridized carbons (Fsp3) is 0.133. The number of nitrogen functional groups attached to an aromatic ring is 1. The number of amides is 3. The van der Waals surface area contributed by atoms with Gasteiger partial charge in [0.05, 0.1) is 11.8 Å². The highest BCUT2D eigenvalue weighted by atomic mass is 16.4. The van der Waals surface area contributed by atoms with Crippen LogP contribution in [0.5, 0.6) is 0 Å². The number of hydrogen-bond donors (Lipinski definition) is 6. The molecule has 0 aliphatic carbocycles. The minimum Gasteiger partial charge on any atom is -0.478 e. The van der Waals surface area contributed by atoms with Crippen LogP contribution in [0, 0.1) is 6.92 Å². The van der Waals surface area contributed by atoms with Gasteiger partial charge in [0.2, 0.25) is 0 Å². The molecular formula is C30H26N8O7. The second-order valence-electron chi connectivity index (χ2n) is 10.1. The third kappa shape index (κ3) is 6.08. The van der Waals surface area contributed by atoms with Crippen molar-refractivity contribution in [2.24, 2.45) is 5.73 Å². The molecule has 3 amide bonds. The first-order valence-corrected chi connectivity index (χ1v) is 13.4. The molecule has 0 fully saturated rings. The molecule has 228 valence electrons. The summed E-state index contributed by atoms with van der Waals surface area (Å²) in [6, 6.07) is 12.9. The number of benzene rings is 2. The molecule has 2 aromatic heterocycles. The number of anilines is 2. The molecule has 0 atom stereocenters. The van der Waals surface area contributed by atoms with Crippen molar-refractivity contribution >= 4 is 40.7 Å². The standard InChI is InChI=1S/C30H26N8O7/c1-14-7-17(5-6-18(14)30(44)45)12-35-29(43)21-9-20(37-27-19(26(32)41)13-36-38(21)27)28(42)34-11-16-4-2-3-15(8-16)10-33-23-22(31)24(39)25(23)40/h2-9,13,33H,10-12,31H2,1H3,(H2,32,41)(H,34,42)(H,35,43)(H,44,45). The number of carboxylic acids is 1. The maximum absolute atomic E-state index is 13.3. The van der Waals surface area contributed by atoms with Gasteiger partial charge in [-0.05, 0) is 35.2 Å². The summed E-state index contributed by atoms with van der Waals surface area (Å²) in [5.74, 6) is -3.21. The van der Waals surface area contributed by atoms with Gasteiger partial charge in [-0.15, -0.1) is 0 Å². The number of aromatic carboxylic acids is 1. The van der Waals surface area contributed by atoms with E-state index in [2.05, 4.69) is 26.0 Å². The van der Waals surface area contributed by atoms with E-state index in [0.717, 1.165) is 16.3 Å². The topological polar surface area (TPSA) is 241 Å². The Labute approximate surface area is 253 Å². The molecule has 0 aliphatic rings. The first kappa shape index (κ1) is 30.1. The number of fused-ring (bicyclic) bond motifs is 1. The largest absolute Gasteiger partial charge is 0.478 e. The molecule has 0 aliphatic heterocycles. The number of aromatic nitrogens is 3. The molecule has 0 saturated heterocycles. The van der Waals surface area contributed by atoms with Crippen molar-refractivity contribution in [1.29, 1.82) is 0 Å². The molecule has 5 aromatic rings. The Kier molecular flexibility index (Phi) is 8.08. The molecule has 15 nitrogen and oxygen atoms in total. The zero-order valence-electron chi connectivity index (χ0n) is 23.7. The fourth-order valence-corrected chi connectivity index (χ4v) is 4.66. The highest BCUT2D eigenvalue weighted by Crippen LogP contribution is 2.16. The third-order valence-corrected chi connectivity index (χ3v) is 7.04. The van der Waals surface area contributed by atoms with E-state index in [9.17, 15) is 33.9 Å². The van der Waals surface area contributed by atoms with Crippen LogP contribution in [-0.4, -0.2) is 43.4 Å². The van der Waals surface area contributed by atoms with Gasteiger partial charge in [0, 0.05) is 25.7 Å². The SMILES string of the molecule is Cc1cc(CNC(=O)c2cc(C(=O)NCc3cccc(CNc4c(N)c(=O)c4=O)c3)nc3c(C(N)=O)cnn23)ccc1C(=O)O. The number of carbonyl (C=O) groups excluding carboxylic acids is 3. The Morgan fingerprint density at radius 3 is 2.18 bits per heavy atom. The molecule has 2 heterocycles. The van der Waals surface area contributed by atoms with Crippen molar-refractivity contribution < 1.29 is 24.3 Å². The molecule has 0 spiro atoms. The van der Waals surface area contributed by atoms with Crippen LogP contribution in [0.4, 0.5) is 11.4 Å². The van der Waals surface area contributed by atoms with Crippen molar-refractivity contribution in [3.8, 4) is 0 Å². The van der Waals surface area contributed by atoms with E-state index in [-0.39, 0.29) is 59.2 Å². The lowest BCUT2D eigenvalue weighted by molar-refractivity contribution is 0.0695. The molecule has 0 saturated carbocycles. The van der Waals surface area contributed by atoms with E-state index in [1.54, 1.807) is 43.3 Å². The molecule has 0 bridgehead atoms. The lowest BCUT2D eigenvalue weighted by Crippen LogP contribution is -2.36. The van der Waals surface area contributed by atoms with Crippen LogP contribution >= 0.6 is 0 Å². The van der Waals surface area contributed by atoms with Crippen LogP contribution in [-0.2, 0) is 19.6 Å². The maximum atomic E-state index is 13.3. The van der Waals surface area contributed by atoms with Gasteiger partial charge in [0.25, 0.3) is 28.6 Å². The Bertz CT molecular complexity index is 2090. The summed E-state index contributed by atoms with van der Waals surface area (Å²) in [5.41, 5.74) is 11.9. The third-order valence-electron chi connectivity index (χ3n) is 7.04. The van der Waals surface area contributed by atoms with E-state index >= 15 is 0 Å². The van der Waals surface area contributed by atoms with Gasteiger partial charge in [0.1, 0.15) is 28.3 Å². The maximum Gasteiger partial charge on any atom is 0.335 e. The summed E-state index contributed by atoms with van der Waals surface area (Å²) in [7, 11) is 0. The minimum absolute atomic E-state index is 0.0361. The summed E-state index contributed by atoms with van der Waals surface area (Å²) in [4.78, 5) is 76.9. The van der Waals surface area contributed by atoms with Gasteiger partial charge in [-0.1, -0.05) is 36.4 Å². The lowest BCUT2D eigenvalue weighted by Gasteiger charge is -2.12. The first-order valence-electron chi connectivity index (χ1n) is 13.4. The highest BCUT2D eigenvalue weighted by Gasteiger charge is 2.22. The van der Waals surface area contributed by atoms with Gasteiger partial charge in [0.15, 0.2) is 5.65 Å². The number of hydrogen-bond acceptors (Lipinski definition) is 10. The smallest absolute Gasteiger partial charge is 0.335 e. The second kappa shape index (κ2) is 12.1. The summed E-state index contributed by atoms with van der Waals surface area (Å²) < 4.78 is 1.10.